The summed E-state index contributed by atoms with van der Waals surface area (Å²) in [5.74, 6) is -0.225. The molecule has 2 aromatic carbocycles. The Morgan fingerprint density at radius 3 is 2.47 bits per heavy atom. The van der Waals surface area contributed by atoms with Gasteiger partial charge in [0.25, 0.3) is 0 Å². The number of hydrogen-bond acceptors (Lipinski definition) is 3. The molecule has 0 spiro atoms. The average molecular weight is 431 g/mol. The molecule has 2 aliphatic carbocycles. The van der Waals surface area contributed by atoms with Gasteiger partial charge in [-0.2, -0.15) is 0 Å². The molecule has 0 amide bonds. The summed E-state index contributed by atoms with van der Waals surface area (Å²) in [6.45, 7) is 10.8. The van der Waals surface area contributed by atoms with Gasteiger partial charge in [0, 0.05) is 23.5 Å². The van der Waals surface area contributed by atoms with Crippen LogP contribution in [-0.4, -0.2) is 18.4 Å². The summed E-state index contributed by atoms with van der Waals surface area (Å²) in [6, 6.07) is 14.6. The number of ketones is 1. The van der Waals surface area contributed by atoms with Crippen molar-refractivity contribution in [2.24, 2.45) is 11.3 Å². The van der Waals surface area contributed by atoms with E-state index in [-0.39, 0.29) is 29.0 Å². The maximum absolute atomic E-state index is 13.7. The van der Waals surface area contributed by atoms with Crippen molar-refractivity contribution in [1.29, 1.82) is 0 Å². The van der Waals surface area contributed by atoms with Crippen LogP contribution < -0.4 is 0 Å². The van der Waals surface area contributed by atoms with Gasteiger partial charge >= 0.3 is 5.97 Å². The van der Waals surface area contributed by atoms with Gasteiger partial charge in [-0.05, 0) is 53.9 Å². The van der Waals surface area contributed by atoms with Crippen molar-refractivity contribution in [3.05, 3.63) is 70.3 Å². The van der Waals surface area contributed by atoms with Gasteiger partial charge in [0.05, 0.1) is 6.61 Å². The number of carbonyl (C=O) groups excluding carboxylic acids is 2. The molecular weight excluding hydrogens is 396 g/mol. The standard InChI is InChI=1S/C29H34O3/c1-6-19-14-18(3)23-16-29(4,5)17-24(30)27(23)25(26(19)28(31)32-7-2)22-13-12-20-10-8-9-11-21(20)15-22/h8-13,15,18,25H,6-7,14,16-17H2,1-5H3. The van der Waals surface area contributed by atoms with Crippen LogP contribution in [0.15, 0.2) is 64.8 Å². The van der Waals surface area contributed by atoms with Gasteiger partial charge in [-0.1, -0.05) is 81.3 Å². The predicted octanol–water partition coefficient (Wildman–Crippen LogP) is 6.92. The maximum atomic E-state index is 13.7. The van der Waals surface area contributed by atoms with Crippen LogP contribution >= 0.6 is 0 Å². The second-order valence-corrected chi connectivity index (χ2v) is 10.1. The van der Waals surface area contributed by atoms with Crippen molar-refractivity contribution in [1.82, 2.24) is 0 Å². The summed E-state index contributed by atoms with van der Waals surface area (Å²) in [6.07, 6.45) is 2.99. The predicted molar refractivity (Wildman–Crippen MR) is 129 cm³/mol. The third-order valence-corrected chi connectivity index (χ3v) is 7.09. The minimum absolute atomic E-state index is 0.0566. The van der Waals surface area contributed by atoms with Crippen LogP contribution in [0, 0.1) is 11.3 Å². The number of carbonyl (C=O) groups is 2. The summed E-state index contributed by atoms with van der Waals surface area (Å²) in [4.78, 5) is 27.0. The Balaban J connectivity index is 2.01. The molecule has 0 heterocycles. The van der Waals surface area contributed by atoms with Crippen molar-refractivity contribution in [2.75, 3.05) is 6.61 Å². The molecule has 0 bridgehead atoms. The monoisotopic (exact) mass is 430 g/mol. The van der Waals surface area contributed by atoms with Gasteiger partial charge in [0.1, 0.15) is 0 Å². The highest BCUT2D eigenvalue weighted by Crippen LogP contribution is 2.51. The number of ether oxygens (including phenoxy) is 1. The third kappa shape index (κ3) is 4.05. The molecule has 2 unspecified atom stereocenters. The minimum atomic E-state index is -0.364. The van der Waals surface area contributed by atoms with E-state index in [0.29, 0.717) is 18.6 Å². The molecule has 0 fully saturated rings. The summed E-state index contributed by atoms with van der Waals surface area (Å²) in [7, 11) is 0. The van der Waals surface area contributed by atoms with Gasteiger partial charge in [0.2, 0.25) is 0 Å². The molecule has 0 N–H and O–H groups in total. The summed E-state index contributed by atoms with van der Waals surface area (Å²) < 4.78 is 5.57. The molecule has 2 aliphatic rings. The number of rotatable bonds is 4. The van der Waals surface area contributed by atoms with E-state index in [1.807, 2.05) is 19.1 Å². The summed E-state index contributed by atoms with van der Waals surface area (Å²) in [5, 5.41) is 2.27. The molecule has 168 valence electrons. The minimum Gasteiger partial charge on any atom is -0.463 e. The first-order valence-electron chi connectivity index (χ1n) is 11.9. The molecule has 32 heavy (non-hydrogen) atoms. The van der Waals surface area contributed by atoms with Crippen LogP contribution in [0.5, 0.6) is 0 Å². The van der Waals surface area contributed by atoms with Crippen molar-refractivity contribution in [2.45, 2.75) is 66.2 Å². The summed E-state index contributed by atoms with van der Waals surface area (Å²) in [5.41, 5.74) is 4.84. The number of hydrogen-bond donors (Lipinski definition) is 0. The van der Waals surface area contributed by atoms with E-state index < -0.39 is 0 Å². The normalized spacial score (nSPS) is 23.2. The summed E-state index contributed by atoms with van der Waals surface area (Å²) >= 11 is 0. The Kier molecular flexibility index (Phi) is 6.11. The molecule has 3 heteroatoms. The van der Waals surface area contributed by atoms with E-state index >= 15 is 0 Å². The quantitative estimate of drug-likeness (QED) is 0.495. The second-order valence-electron chi connectivity index (χ2n) is 10.1. The first-order valence-corrected chi connectivity index (χ1v) is 11.9. The van der Waals surface area contributed by atoms with Crippen molar-refractivity contribution in [3.63, 3.8) is 0 Å². The van der Waals surface area contributed by atoms with Gasteiger partial charge in [-0.15, -0.1) is 0 Å². The smallest absolute Gasteiger partial charge is 0.334 e. The van der Waals surface area contributed by atoms with Crippen molar-refractivity contribution in [3.8, 4) is 0 Å². The maximum Gasteiger partial charge on any atom is 0.334 e. The topological polar surface area (TPSA) is 43.4 Å². The van der Waals surface area contributed by atoms with Gasteiger partial charge in [-0.3, -0.25) is 4.79 Å². The molecule has 0 aliphatic heterocycles. The lowest BCUT2D eigenvalue weighted by Gasteiger charge is -2.36. The third-order valence-electron chi connectivity index (χ3n) is 7.09. The highest BCUT2D eigenvalue weighted by molar-refractivity contribution is 6.04. The van der Waals surface area contributed by atoms with Crippen LogP contribution in [0.3, 0.4) is 0 Å². The van der Waals surface area contributed by atoms with Crippen LogP contribution in [0.4, 0.5) is 0 Å². The first-order chi connectivity index (χ1) is 15.3. The fourth-order valence-electron chi connectivity index (χ4n) is 5.65. The highest BCUT2D eigenvalue weighted by Gasteiger charge is 2.43. The zero-order valence-electron chi connectivity index (χ0n) is 20.0. The highest BCUT2D eigenvalue weighted by atomic mass is 16.5. The fourth-order valence-corrected chi connectivity index (χ4v) is 5.65. The van der Waals surface area contributed by atoms with E-state index in [1.165, 1.54) is 5.57 Å². The lowest BCUT2D eigenvalue weighted by Crippen LogP contribution is -2.31. The Labute approximate surface area is 191 Å². The SMILES string of the molecule is CCOC(=O)C1=C(CC)CC(C)C2=C(C(=O)CC(C)(C)C2)C1c1ccc2ccccc2c1. The number of Topliss-reactive ketones (excluding diaryl/α,β-unsaturated/α-hetero) is 1. The molecule has 3 nitrogen and oxygen atoms in total. The Hall–Kier alpha value is -2.68. The lowest BCUT2D eigenvalue weighted by atomic mass is 9.67. The zero-order valence-corrected chi connectivity index (χ0v) is 20.0. The number of fused-ring (bicyclic) bond motifs is 1. The lowest BCUT2D eigenvalue weighted by molar-refractivity contribution is -0.138. The van der Waals surface area contributed by atoms with E-state index in [1.54, 1.807) is 0 Å². The number of allylic oxidation sites excluding steroid dienone is 3. The number of esters is 1. The van der Waals surface area contributed by atoms with E-state index in [2.05, 4.69) is 58.0 Å². The van der Waals surface area contributed by atoms with Gasteiger partial charge in [-0.25, -0.2) is 4.79 Å². The van der Waals surface area contributed by atoms with Crippen LogP contribution in [0.2, 0.25) is 0 Å². The van der Waals surface area contributed by atoms with Crippen molar-refractivity contribution < 1.29 is 14.3 Å². The van der Waals surface area contributed by atoms with Crippen molar-refractivity contribution >= 4 is 22.5 Å². The Morgan fingerprint density at radius 2 is 1.78 bits per heavy atom. The second kappa shape index (κ2) is 8.69. The van der Waals surface area contributed by atoms with Crippen LogP contribution in [0.25, 0.3) is 10.8 Å². The molecular formula is C29H34O3. The van der Waals surface area contributed by atoms with Crippen LogP contribution in [0.1, 0.15) is 71.8 Å². The van der Waals surface area contributed by atoms with Gasteiger partial charge in [0.15, 0.2) is 5.78 Å². The fraction of sp³-hybridized carbons (Fsp3) is 0.448. The van der Waals surface area contributed by atoms with Gasteiger partial charge < -0.3 is 4.74 Å². The zero-order chi connectivity index (χ0) is 23.0. The molecule has 0 aromatic heterocycles. The molecule has 2 aromatic rings. The largest absolute Gasteiger partial charge is 0.463 e. The van der Waals surface area contributed by atoms with Crippen LogP contribution in [-0.2, 0) is 14.3 Å². The van der Waals surface area contributed by atoms with E-state index in [9.17, 15) is 9.59 Å². The molecule has 0 saturated heterocycles. The number of benzene rings is 2. The molecule has 0 radical (unpaired) electrons. The van der Waals surface area contributed by atoms with E-state index in [0.717, 1.165) is 46.7 Å². The molecule has 2 atom stereocenters. The Morgan fingerprint density at radius 1 is 1.06 bits per heavy atom. The molecule has 4 rings (SSSR count). The first kappa shape index (κ1) is 22.5. The average Bonchev–Trinajstić information content (AvgIpc) is 2.87. The molecule has 0 saturated carbocycles. The Bertz CT molecular complexity index is 1130. The van der Waals surface area contributed by atoms with E-state index in [4.69, 9.17) is 4.74 Å².